The van der Waals surface area contributed by atoms with Gasteiger partial charge in [-0.3, -0.25) is 0 Å². The van der Waals surface area contributed by atoms with Crippen molar-refractivity contribution in [2.45, 2.75) is 11.8 Å². The van der Waals surface area contributed by atoms with Crippen LogP contribution in [0.4, 0.5) is 0 Å². The molecule has 0 fully saturated rings. The minimum atomic E-state index is -3.30. The minimum Gasteiger partial charge on any atom is -0.327 e. The Morgan fingerprint density at radius 2 is 1.86 bits per heavy atom. The molecule has 0 spiro atoms. The number of hydrogen-bond acceptors (Lipinski definition) is 3. The van der Waals surface area contributed by atoms with E-state index in [0.717, 1.165) is 11.0 Å². The van der Waals surface area contributed by atoms with Crippen LogP contribution in [0.2, 0.25) is 0 Å². The molecule has 0 aromatic heterocycles. The van der Waals surface area contributed by atoms with Gasteiger partial charge in [0.2, 0.25) is 0 Å². The van der Waals surface area contributed by atoms with Crippen LogP contribution in [0.5, 0.6) is 0 Å². The van der Waals surface area contributed by atoms with E-state index < -0.39 is 9.84 Å². The first-order valence-electron chi connectivity index (χ1n) is 4.24. The summed E-state index contributed by atoms with van der Waals surface area (Å²) in [6, 6.07) is 6.71. The molecule has 0 aliphatic carbocycles. The Morgan fingerprint density at radius 1 is 1.29 bits per heavy atom. The lowest BCUT2D eigenvalue weighted by Crippen LogP contribution is -1.99. The molecule has 0 aliphatic rings. The normalized spacial score (nSPS) is 12.1. The van der Waals surface area contributed by atoms with Gasteiger partial charge in [-0.1, -0.05) is 23.8 Å². The average Bonchev–Trinajstić information content (AvgIpc) is 2.16. The van der Waals surface area contributed by atoms with Crippen molar-refractivity contribution >= 4 is 9.84 Å². The van der Waals surface area contributed by atoms with Crippen LogP contribution in [0.1, 0.15) is 5.56 Å². The van der Waals surface area contributed by atoms with Crippen molar-refractivity contribution < 1.29 is 8.42 Å². The maximum atomic E-state index is 11.6. The van der Waals surface area contributed by atoms with E-state index in [0.29, 0.717) is 4.90 Å². The van der Waals surface area contributed by atoms with Crippen molar-refractivity contribution in [1.82, 2.24) is 0 Å². The number of sulfone groups is 1. The first kappa shape index (κ1) is 10.9. The van der Waals surface area contributed by atoms with Crippen molar-refractivity contribution in [1.29, 1.82) is 0 Å². The lowest BCUT2D eigenvalue weighted by Gasteiger charge is -1.98. The van der Waals surface area contributed by atoms with Gasteiger partial charge in [0, 0.05) is 12.0 Å². The van der Waals surface area contributed by atoms with Crippen LogP contribution in [0.3, 0.4) is 0 Å². The average molecular weight is 211 g/mol. The molecule has 76 valence electrons. The molecule has 2 N–H and O–H groups in total. The van der Waals surface area contributed by atoms with Crippen molar-refractivity contribution in [2.75, 3.05) is 6.54 Å². The van der Waals surface area contributed by atoms with Crippen molar-refractivity contribution in [3.05, 3.63) is 41.3 Å². The van der Waals surface area contributed by atoms with E-state index in [9.17, 15) is 8.42 Å². The van der Waals surface area contributed by atoms with Crippen LogP contribution in [0.15, 0.2) is 40.6 Å². The molecule has 0 aliphatic heterocycles. The second-order valence-electron chi connectivity index (χ2n) is 2.97. The number of benzene rings is 1. The van der Waals surface area contributed by atoms with Gasteiger partial charge in [-0.2, -0.15) is 0 Å². The molecule has 3 nitrogen and oxygen atoms in total. The molecule has 0 radical (unpaired) electrons. The Morgan fingerprint density at radius 3 is 2.36 bits per heavy atom. The molecular weight excluding hydrogens is 198 g/mol. The van der Waals surface area contributed by atoms with Gasteiger partial charge in [-0.15, -0.1) is 0 Å². The fourth-order valence-electron chi connectivity index (χ4n) is 0.989. The fraction of sp³-hybridized carbons (Fsp3) is 0.200. The van der Waals surface area contributed by atoms with Crippen LogP contribution < -0.4 is 5.73 Å². The monoisotopic (exact) mass is 211 g/mol. The summed E-state index contributed by atoms with van der Waals surface area (Å²) >= 11 is 0. The van der Waals surface area contributed by atoms with Crippen LogP contribution in [-0.2, 0) is 9.84 Å². The van der Waals surface area contributed by atoms with Gasteiger partial charge in [0.1, 0.15) is 0 Å². The summed E-state index contributed by atoms with van der Waals surface area (Å²) in [7, 11) is -3.30. The van der Waals surface area contributed by atoms with E-state index in [1.807, 2.05) is 6.92 Å². The molecule has 0 bridgehead atoms. The number of rotatable bonds is 3. The second-order valence-corrected chi connectivity index (χ2v) is 4.80. The third kappa shape index (κ3) is 2.68. The molecular formula is C10H13NO2S. The zero-order valence-corrected chi connectivity index (χ0v) is 8.79. The first-order valence-corrected chi connectivity index (χ1v) is 5.79. The van der Waals surface area contributed by atoms with Crippen molar-refractivity contribution in [3.8, 4) is 0 Å². The van der Waals surface area contributed by atoms with E-state index in [1.165, 1.54) is 6.08 Å². The van der Waals surface area contributed by atoms with Gasteiger partial charge in [-0.25, -0.2) is 8.42 Å². The van der Waals surface area contributed by atoms with Crippen LogP contribution >= 0.6 is 0 Å². The molecule has 0 heterocycles. The summed E-state index contributed by atoms with van der Waals surface area (Å²) < 4.78 is 23.1. The summed E-state index contributed by atoms with van der Waals surface area (Å²) in [6.45, 7) is 2.14. The highest BCUT2D eigenvalue weighted by Gasteiger charge is 2.08. The molecule has 14 heavy (non-hydrogen) atoms. The summed E-state index contributed by atoms with van der Waals surface area (Å²) in [5, 5.41) is 1.14. The highest BCUT2D eigenvalue weighted by molar-refractivity contribution is 7.94. The molecule has 4 heteroatoms. The lowest BCUT2D eigenvalue weighted by molar-refractivity contribution is 0.604. The predicted molar refractivity (Wildman–Crippen MR) is 56.6 cm³/mol. The van der Waals surface area contributed by atoms with Gasteiger partial charge < -0.3 is 5.73 Å². The third-order valence-electron chi connectivity index (χ3n) is 1.76. The van der Waals surface area contributed by atoms with Crippen LogP contribution in [0, 0.1) is 6.92 Å². The maximum Gasteiger partial charge on any atom is 0.199 e. The molecule has 0 atom stereocenters. The Kier molecular flexibility index (Phi) is 3.43. The van der Waals surface area contributed by atoms with E-state index in [4.69, 9.17) is 5.73 Å². The van der Waals surface area contributed by atoms with E-state index in [-0.39, 0.29) is 6.54 Å². The van der Waals surface area contributed by atoms with Gasteiger partial charge in [0.05, 0.1) is 4.90 Å². The van der Waals surface area contributed by atoms with Gasteiger partial charge >= 0.3 is 0 Å². The number of hydrogen-bond donors (Lipinski definition) is 1. The maximum absolute atomic E-state index is 11.6. The Hall–Kier alpha value is -1.13. The number of aryl methyl sites for hydroxylation is 1. The number of nitrogens with two attached hydrogens (primary N) is 1. The van der Waals surface area contributed by atoms with Crippen LogP contribution in [-0.4, -0.2) is 15.0 Å². The standard InChI is InChI=1S/C10H13NO2S/c1-9-3-5-10(6-4-9)14(12,13)8-2-7-11/h2-6,8H,7,11H2,1H3. The fourth-order valence-corrected chi connectivity index (χ4v) is 2.03. The molecule has 0 unspecified atom stereocenters. The molecule has 0 saturated heterocycles. The Bertz CT molecular complexity index is 418. The topological polar surface area (TPSA) is 60.2 Å². The zero-order valence-electron chi connectivity index (χ0n) is 7.97. The van der Waals surface area contributed by atoms with Crippen molar-refractivity contribution in [3.63, 3.8) is 0 Å². The minimum absolute atomic E-state index is 0.227. The SMILES string of the molecule is Cc1ccc(S(=O)(=O)C=CCN)cc1. The zero-order chi connectivity index (χ0) is 10.6. The van der Waals surface area contributed by atoms with E-state index in [1.54, 1.807) is 24.3 Å². The molecule has 1 aromatic carbocycles. The van der Waals surface area contributed by atoms with Crippen LogP contribution in [0.25, 0.3) is 0 Å². The van der Waals surface area contributed by atoms with E-state index in [2.05, 4.69) is 0 Å². The lowest BCUT2D eigenvalue weighted by atomic mass is 10.2. The smallest absolute Gasteiger partial charge is 0.199 e. The Balaban J connectivity index is 3.05. The molecule has 1 aromatic rings. The van der Waals surface area contributed by atoms with Crippen molar-refractivity contribution in [2.24, 2.45) is 5.73 Å². The molecule has 0 saturated carbocycles. The quantitative estimate of drug-likeness (QED) is 0.818. The van der Waals surface area contributed by atoms with E-state index >= 15 is 0 Å². The second kappa shape index (κ2) is 4.39. The summed E-state index contributed by atoms with van der Waals surface area (Å²) in [5.41, 5.74) is 6.22. The first-order chi connectivity index (χ1) is 6.56. The molecule has 0 amide bonds. The summed E-state index contributed by atoms with van der Waals surface area (Å²) in [6.07, 6.45) is 1.43. The third-order valence-corrected chi connectivity index (χ3v) is 3.24. The van der Waals surface area contributed by atoms with Gasteiger partial charge in [-0.05, 0) is 19.1 Å². The Labute approximate surface area is 84.2 Å². The highest BCUT2D eigenvalue weighted by Crippen LogP contribution is 2.12. The summed E-state index contributed by atoms with van der Waals surface area (Å²) in [4.78, 5) is 0.299. The predicted octanol–water partition coefficient (Wildman–Crippen LogP) is 1.24. The van der Waals surface area contributed by atoms with Gasteiger partial charge in [0.25, 0.3) is 0 Å². The van der Waals surface area contributed by atoms with Gasteiger partial charge in [0.15, 0.2) is 9.84 Å². The largest absolute Gasteiger partial charge is 0.327 e. The summed E-state index contributed by atoms with van der Waals surface area (Å²) in [5.74, 6) is 0. The molecule has 1 rings (SSSR count). The highest BCUT2D eigenvalue weighted by atomic mass is 32.2.